The molecule has 1 fully saturated rings. The van der Waals surface area contributed by atoms with Crippen molar-refractivity contribution in [2.24, 2.45) is 7.05 Å². The smallest absolute Gasteiger partial charge is 0.276 e. The van der Waals surface area contributed by atoms with Crippen LogP contribution in [0, 0.1) is 0 Å². The first-order valence-electron chi connectivity index (χ1n) is 11.4. The average Bonchev–Trinajstić information content (AvgIpc) is 3.28. The van der Waals surface area contributed by atoms with E-state index in [-0.39, 0.29) is 5.91 Å². The third-order valence-corrected chi connectivity index (χ3v) is 6.41. The van der Waals surface area contributed by atoms with E-state index in [0.29, 0.717) is 37.3 Å². The van der Waals surface area contributed by atoms with Gasteiger partial charge in [0.05, 0.1) is 23.2 Å². The second-order valence-electron chi connectivity index (χ2n) is 8.65. The van der Waals surface area contributed by atoms with Gasteiger partial charge in [0.25, 0.3) is 5.91 Å². The molecule has 0 spiro atoms. The fourth-order valence-corrected chi connectivity index (χ4v) is 4.44. The Morgan fingerprint density at radius 3 is 2.29 bits per heavy atom. The first kappa shape index (κ1) is 21.9. The summed E-state index contributed by atoms with van der Waals surface area (Å²) >= 11 is 0. The fourth-order valence-electron chi connectivity index (χ4n) is 4.44. The highest BCUT2D eigenvalue weighted by Gasteiger charge is 2.34. The zero-order valence-electron chi connectivity index (χ0n) is 19.1. The molecule has 1 aliphatic rings. The lowest BCUT2D eigenvalue weighted by Crippen LogP contribution is -2.42. The van der Waals surface area contributed by atoms with E-state index < -0.39 is 5.60 Å². The number of carbonyl (C=O) groups is 1. The third kappa shape index (κ3) is 4.43. The van der Waals surface area contributed by atoms with Crippen molar-refractivity contribution in [1.29, 1.82) is 0 Å². The summed E-state index contributed by atoms with van der Waals surface area (Å²) in [4.78, 5) is 19.5. The number of hydrogen-bond donors (Lipinski definition) is 2. The molecule has 1 aliphatic heterocycles. The van der Waals surface area contributed by atoms with Crippen molar-refractivity contribution >= 4 is 17.4 Å². The SMILES string of the molecule is Cn1nc(C(=O)Nc2ccc(N3CCC(O)(c4ccccc4)CC3)nc2)cc1-c1ccccc1. The van der Waals surface area contributed by atoms with Crippen LogP contribution in [0.1, 0.15) is 28.9 Å². The van der Waals surface area contributed by atoms with E-state index in [1.165, 1.54) is 0 Å². The van der Waals surface area contributed by atoms with Crippen LogP contribution in [-0.4, -0.2) is 38.9 Å². The van der Waals surface area contributed by atoms with Crippen LogP contribution < -0.4 is 10.2 Å². The monoisotopic (exact) mass is 453 g/mol. The number of rotatable bonds is 5. The van der Waals surface area contributed by atoms with E-state index in [1.807, 2.05) is 79.8 Å². The molecule has 0 unspecified atom stereocenters. The van der Waals surface area contributed by atoms with Gasteiger partial charge in [0.2, 0.25) is 0 Å². The minimum absolute atomic E-state index is 0.279. The standard InChI is InChI=1S/C27H27N5O2/c1-31-24(20-8-4-2-5-9-20)18-23(30-31)26(33)29-22-12-13-25(28-19-22)32-16-14-27(34,15-17-32)21-10-6-3-7-11-21/h2-13,18-19,34H,14-17H2,1H3,(H,29,33). The van der Waals surface area contributed by atoms with Gasteiger partial charge < -0.3 is 15.3 Å². The zero-order valence-corrected chi connectivity index (χ0v) is 19.1. The van der Waals surface area contributed by atoms with Crippen molar-refractivity contribution in [3.63, 3.8) is 0 Å². The number of amides is 1. The Labute approximate surface area is 198 Å². The highest BCUT2D eigenvalue weighted by Crippen LogP contribution is 2.34. The van der Waals surface area contributed by atoms with Crippen molar-refractivity contribution < 1.29 is 9.90 Å². The van der Waals surface area contributed by atoms with E-state index in [1.54, 1.807) is 16.9 Å². The number of piperidine rings is 1. The number of nitrogens with zero attached hydrogens (tertiary/aromatic N) is 4. The van der Waals surface area contributed by atoms with Gasteiger partial charge in [-0.3, -0.25) is 9.48 Å². The number of pyridine rings is 1. The number of aliphatic hydroxyl groups is 1. The summed E-state index contributed by atoms with van der Waals surface area (Å²) < 4.78 is 1.71. The van der Waals surface area contributed by atoms with Gasteiger partial charge in [-0.25, -0.2) is 4.98 Å². The van der Waals surface area contributed by atoms with Crippen LogP contribution in [0.3, 0.4) is 0 Å². The van der Waals surface area contributed by atoms with Crippen LogP contribution >= 0.6 is 0 Å². The maximum absolute atomic E-state index is 12.8. The molecule has 0 atom stereocenters. The number of carbonyl (C=O) groups excluding carboxylic acids is 1. The molecule has 0 aliphatic carbocycles. The summed E-state index contributed by atoms with van der Waals surface area (Å²) in [5.41, 5.74) is 3.00. The molecule has 34 heavy (non-hydrogen) atoms. The van der Waals surface area contributed by atoms with Gasteiger partial charge in [0.1, 0.15) is 5.82 Å². The normalized spacial score (nSPS) is 15.2. The lowest BCUT2D eigenvalue weighted by Gasteiger charge is -2.39. The minimum Gasteiger partial charge on any atom is -0.385 e. The molecule has 2 aromatic carbocycles. The molecule has 1 amide bonds. The van der Waals surface area contributed by atoms with Gasteiger partial charge in [-0.15, -0.1) is 0 Å². The number of aromatic nitrogens is 3. The number of anilines is 2. The molecule has 0 saturated carbocycles. The Morgan fingerprint density at radius 1 is 0.971 bits per heavy atom. The summed E-state index contributed by atoms with van der Waals surface area (Å²) in [7, 11) is 1.83. The lowest BCUT2D eigenvalue weighted by molar-refractivity contribution is 0.0116. The Kier molecular flexibility index (Phi) is 5.86. The van der Waals surface area contributed by atoms with Crippen molar-refractivity contribution in [2.45, 2.75) is 18.4 Å². The summed E-state index contributed by atoms with van der Waals surface area (Å²) in [6.45, 7) is 1.42. The van der Waals surface area contributed by atoms with Gasteiger partial charge in [-0.1, -0.05) is 60.7 Å². The average molecular weight is 454 g/mol. The second-order valence-corrected chi connectivity index (χ2v) is 8.65. The first-order valence-corrected chi connectivity index (χ1v) is 11.4. The number of hydrogen-bond acceptors (Lipinski definition) is 5. The predicted octanol–water partition coefficient (Wildman–Crippen LogP) is 4.22. The van der Waals surface area contributed by atoms with Crippen LogP contribution in [0.4, 0.5) is 11.5 Å². The molecule has 172 valence electrons. The Morgan fingerprint density at radius 2 is 1.65 bits per heavy atom. The topological polar surface area (TPSA) is 83.3 Å². The number of nitrogens with one attached hydrogen (secondary N) is 1. The van der Waals surface area contributed by atoms with Gasteiger partial charge in [-0.2, -0.15) is 5.10 Å². The molecule has 2 N–H and O–H groups in total. The van der Waals surface area contributed by atoms with Gasteiger partial charge >= 0.3 is 0 Å². The Bertz CT molecular complexity index is 1260. The summed E-state index contributed by atoms with van der Waals surface area (Å²) in [5.74, 6) is 0.551. The van der Waals surface area contributed by atoms with Crippen LogP contribution in [0.25, 0.3) is 11.3 Å². The highest BCUT2D eigenvalue weighted by molar-refractivity contribution is 6.03. The van der Waals surface area contributed by atoms with Crippen molar-refractivity contribution in [2.75, 3.05) is 23.3 Å². The van der Waals surface area contributed by atoms with Crippen molar-refractivity contribution in [1.82, 2.24) is 14.8 Å². The minimum atomic E-state index is -0.799. The van der Waals surface area contributed by atoms with Gasteiger partial charge in [-0.05, 0) is 42.2 Å². The number of benzene rings is 2. The third-order valence-electron chi connectivity index (χ3n) is 6.41. The molecule has 7 nitrogen and oxygen atoms in total. The fraction of sp³-hybridized carbons (Fsp3) is 0.222. The summed E-state index contributed by atoms with van der Waals surface area (Å²) in [6, 6.07) is 25.2. The summed E-state index contributed by atoms with van der Waals surface area (Å²) in [5, 5.41) is 18.3. The highest BCUT2D eigenvalue weighted by atomic mass is 16.3. The maximum atomic E-state index is 12.8. The van der Waals surface area contributed by atoms with Crippen molar-refractivity contribution in [3.8, 4) is 11.3 Å². The van der Waals surface area contributed by atoms with E-state index in [0.717, 1.165) is 22.6 Å². The molecule has 2 aromatic heterocycles. The maximum Gasteiger partial charge on any atom is 0.276 e. The predicted molar refractivity (Wildman–Crippen MR) is 133 cm³/mol. The van der Waals surface area contributed by atoms with Gasteiger partial charge in [0.15, 0.2) is 5.69 Å². The largest absolute Gasteiger partial charge is 0.385 e. The molecule has 4 aromatic rings. The molecular weight excluding hydrogens is 426 g/mol. The molecule has 1 saturated heterocycles. The van der Waals surface area contributed by atoms with Crippen LogP contribution in [0.2, 0.25) is 0 Å². The molecule has 5 rings (SSSR count). The van der Waals surface area contributed by atoms with E-state index in [4.69, 9.17) is 0 Å². The van der Waals surface area contributed by atoms with Crippen LogP contribution in [0.5, 0.6) is 0 Å². The quantitative estimate of drug-likeness (QED) is 0.473. The molecule has 0 radical (unpaired) electrons. The van der Waals surface area contributed by atoms with Crippen LogP contribution in [-0.2, 0) is 12.6 Å². The Balaban J connectivity index is 1.22. The van der Waals surface area contributed by atoms with E-state index in [2.05, 4.69) is 20.3 Å². The molecule has 7 heteroatoms. The first-order chi connectivity index (χ1) is 16.5. The lowest BCUT2D eigenvalue weighted by atomic mass is 9.84. The van der Waals surface area contributed by atoms with Crippen LogP contribution in [0.15, 0.2) is 85.1 Å². The van der Waals surface area contributed by atoms with Crippen molar-refractivity contribution in [3.05, 3.63) is 96.3 Å². The molecule has 3 heterocycles. The summed E-state index contributed by atoms with van der Waals surface area (Å²) in [6.07, 6.45) is 2.94. The Hall–Kier alpha value is -3.97. The zero-order chi connectivity index (χ0) is 23.5. The van der Waals surface area contributed by atoms with E-state index >= 15 is 0 Å². The van der Waals surface area contributed by atoms with Gasteiger partial charge in [0, 0.05) is 20.1 Å². The number of aryl methyl sites for hydroxylation is 1. The van der Waals surface area contributed by atoms with E-state index in [9.17, 15) is 9.90 Å². The molecular formula is C27H27N5O2. The molecule has 0 bridgehead atoms. The second kappa shape index (κ2) is 9.11.